The first-order valence-corrected chi connectivity index (χ1v) is 10.1. The first-order chi connectivity index (χ1) is 14.7. The van der Waals surface area contributed by atoms with E-state index in [4.69, 9.17) is 4.74 Å². The summed E-state index contributed by atoms with van der Waals surface area (Å²) < 4.78 is 9.70. The van der Waals surface area contributed by atoms with E-state index in [0.29, 0.717) is 5.56 Å². The summed E-state index contributed by atoms with van der Waals surface area (Å²) >= 11 is 0. The molecular weight excluding hydrogens is 418 g/mol. The van der Waals surface area contributed by atoms with Crippen LogP contribution in [-0.2, 0) is 23.9 Å². The standard InChI is InChI=1S/C22H33N3O7/c1-21(2,3)25(16(27)12-24-20(30)32-22(4,5)6)18(14-9-8-10-15(26)11-14)19(29)23-13-17(28)31-7/h8-11,18,26H,12-13H2,1-7H3,(H,23,29)(H,24,30). The molecule has 0 aliphatic heterocycles. The fourth-order valence-electron chi connectivity index (χ4n) is 2.89. The van der Waals surface area contributed by atoms with Crippen molar-refractivity contribution >= 4 is 23.9 Å². The second kappa shape index (κ2) is 10.8. The highest BCUT2D eigenvalue weighted by atomic mass is 16.6. The molecule has 0 radical (unpaired) electrons. The number of ether oxygens (including phenoxy) is 2. The predicted molar refractivity (Wildman–Crippen MR) is 117 cm³/mol. The van der Waals surface area contributed by atoms with E-state index in [0.717, 1.165) is 0 Å². The van der Waals surface area contributed by atoms with Crippen molar-refractivity contribution in [3.63, 3.8) is 0 Å². The van der Waals surface area contributed by atoms with Crippen molar-refractivity contribution < 1.29 is 33.8 Å². The Bertz CT molecular complexity index is 841. The minimum Gasteiger partial charge on any atom is -0.508 e. The van der Waals surface area contributed by atoms with Crippen LogP contribution in [0.4, 0.5) is 4.79 Å². The van der Waals surface area contributed by atoms with E-state index in [-0.39, 0.29) is 5.75 Å². The summed E-state index contributed by atoms with van der Waals surface area (Å²) in [6.07, 6.45) is -0.774. The quantitative estimate of drug-likeness (QED) is 0.539. The highest BCUT2D eigenvalue weighted by Gasteiger charge is 2.38. The van der Waals surface area contributed by atoms with Crippen LogP contribution in [0, 0.1) is 0 Å². The number of phenolic OH excluding ortho intramolecular Hbond substituents is 1. The first-order valence-electron chi connectivity index (χ1n) is 10.1. The fraction of sp³-hybridized carbons (Fsp3) is 0.545. The van der Waals surface area contributed by atoms with Crippen molar-refractivity contribution in [1.29, 1.82) is 0 Å². The minimum atomic E-state index is -1.19. The third-order valence-corrected chi connectivity index (χ3v) is 4.10. The molecule has 3 amide bonds. The summed E-state index contributed by atoms with van der Waals surface area (Å²) in [7, 11) is 1.19. The Morgan fingerprint density at radius 3 is 2.16 bits per heavy atom. The lowest BCUT2D eigenvalue weighted by Gasteiger charge is -2.41. The van der Waals surface area contributed by atoms with Gasteiger partial charge in [0.25, 0.3) is 0 Å². The number of alkyl carbamates (subject to hydrolysis) is 1. The van der Waals surface area contributed by atoms with Gasteiger partial charge in [0.2, 0.25) is 11.8 Å². The maximum atomic E-state index is 13.2. The summed E-state index contributed by atoms with van der Waals surface area (Å²) in [6.45, 7) is 9.43. The van der Waals surface area contributed by atoms with Crippen LogP contribution in [-0.4, -0.2) is 65.2 Å². The predicted octanol–water partition coefficient (Wildman–Crippen LogP) is 1.87. The largest absolute Gasteiger partial charge is 0.508 e. The second-order valence-corrected chi connectivity index (χ2v) is 9.08. The van der Waals surface area contributed by atoms with Crippen LogP contribution in [0.3, 0.4) is 0 Å². The number of hydrogen-bond acceptors (Lipinski definition) is 7. The summed E-state index contributed by atoms with van der Waals surface area (Å²) in [6, 6.07) is 4.71. The van der Waals surface area contributed by atoms with E-state index in [1.54, 1.807) is 47.6 Å². The lowest BCUT2D eigenvalue weighted by Crippen LogP contribution is -2.55. The molecule has 10 heteroatoms. The SMILES string of the molecule is COC(=O)CNC(=O)C(c1cccc(O)c1)N(C(=O)CNC(=O)OC(C)(C)C)C(C)(C)C. The van der Waals surface area contributed by atoms with Crippen molar-refractivity contribution in [1.82, 2.24) is 15.5 Å². The van der Waals surface area contributed by atoms with E-state index < -0.39 is 54.1 Å². The van der Waals surface area contributed by atoms with Gasteiger partial charge in [-0.05, 0) is 59.2 Å². The van der Waals surface area contributed by atoms with Crippen molar-refractivity contribution in [2.45, 2.75) is 58.7 Å². The minimum absolute atomic E-state index is 0.0959. The average Bonchev–Trinajstić information content (AvgIpc) is 2.65. The van der Waals surface area contributed by atoms with Crippen LogP contribution in [0.2, 0.25) is 0 Å². The molecule has 10 nitrogen and oxygen atoms in total. The molecular formula is C22H33N3O7. The van der Waals surface area contributed by atoms with E-state index >= 15 is 0 Å². The molecule has 32 heavy (non-hydrogen) atoms. The summed E-state index contributed by atoms with van der Waals surface area (Å²) in [5, 5.41) is 14.8. The zero-order valence-electron chi connectivity index (χ0n) is 19.6. The van der Waals surface area contributed by atoms with Gasteiger partial charge < -0.3 is 30.1 Å². The third-order valence-electron chi connectivity index (χ3n) is 4.10. The Hall–Kier alpha value is -3.30. The molecule has 0 aliphatic carbocycles. The molecule has 1 aromatic rings. The maximum Gasteiger partial charge on any atom is 0.408 e. The number of rotatable bonds is 7. The summed E-state index contributed by atoms with van der Waals surface area (Å²) in [5.74, 6) is -1.97. The molecule has 1 atom stereocenters. The molecule has 178 valence electrons. The van der Waals surface area contributed by atoms with Gasteiger partial charge >= 0.3 is 12.1 Å². The number of methoxy groups -OCH3 is 1. The Morgan fingerprint density at radius 1 is 1.03 bits per heavy atom. The number of nitrogens with one attached hydrogen (secondary N) is 2. The van der Waals surface area contributed by atoms with E-state index in [1.165, 1.54) is 30.2 Å². The van der Waals surface area contributed by atoms with Gasteiger partial charge in [0.15, 0.2) is 0 Å². The molecule has 3 N–H and O–H groups in total. The smallest absolute Gasteiger partial charge is 0.408 e. The molecule has 0 bridgehead atoms. The summed E-state index contributed by atoms with van der Waals surface area (Å²) in [5.41, 5.74) is -1.28. The van der Waals surface area contributed by atoms with Crippen molar-refractivity contribution in [3.8, 4) is 5.75 Å². The Morgan fingerprint density at radius 2 is 1.66 bits per heavy atom. The number of aromatic hydroxyl groups is 1. The van der Waals surface area contributed by atoms with Gasteiger partial charge in [-0.25, -0.2) is 4.79 Å². The van der Waals surface area contributed by atoms with Crippen LogP contribution in [0.1, 0.15) is 53.1 Å². The van der Waals surface area contributed by atoms with Crippen LogP contribution in [0.25, 0.3) is 0 Å². The highest BCUT2D eigenvalue weighted by Crippen LogP contribution is 2.30. The van der Waals surface area contributed by atoms with Gasteiger partial charge in [0.05, 0.1) is 7.11 Å². The van der Waals surface area contributed by atoms with Crippen molar-refractivity contribution in [3.05, 3.63) is 29.8 Å². The number of carbonyl (C=O) groups excluding carboxylic acids is 4. The Kier molecular flexibility index (Phi) is 9.05. The van der Waals surface area contributed by atoms with Crippen molar-refractivity contribution in [2.24, 2.45) is 0 Å². The third kappa shape index (κ3) is 8.44. The Labute approximate surface area is 188 Å². The number of esters is 1. The maximum absolute atomic E-state index is 13.2. The molecule has 0 aromatic heterocycles. The second-order valence-electron chi connectivity index (χ2n) is 9.08. The monoisotopic (exact) mass is 451 g/mol. The Balaban J connectivity index is 3.26. The molecule has 0 saturated heterocycles. The molecule has 1 rings (SSSR count). The van der Waals surface area contributed by atoms with Crippen LogP contribution in [0.5, 0.6) is 5.75 Å². The van der Waals surface area contributed by atoms with Gasteiger partial charge in [-0.2, -0.15) is 0 Å². The van der Waals surface area contributed by atoms with E-state index in [9.17, 15) is 24.3 Å². The van der Waals surface area contributed by atoms with Gasteiger partial charge in [0, 0.05) is 5.54 Å². The molecule has 0 fully saturated rings. The van der Waals surface area contributed by atoms with Crippen LogP contribution in [0.15, 0.2) is 24.3 Å². The van der Waals surface area contributed by atoms with Gasteiger partial charge in [0.1, 0.15) is 30.5 Å². The average molecular weight is 452 g/mol. The topological polar surface area (TPSA) is 134 Å². The van der Waals surface area contributed by atoms with Crippen LogP contribution >= 0.6 is 0 Å². The molecule has 1 unspecified atom stereocenters. The molecule has 0 aliphatic rings. The normalized spacial score (nSPS) is 12.3. The van der Waals surface area contributed by atoms with Gasteiger partial charge in [-0.1, -0.05) is 12.1 Å². The number of carbonyl (C=O) groups is 4. The van der Waals surface area contributed by atoms with E-state index in [2.05, 4.69) is 15.4 Å². The zero-order chi connectivity index (χ0) is 24.7. The number of hydrogen-bond donors (Lipinski definition) is 3. The van der Waals surface area contributed by atoms with E-state index in [1.807, 2.05) is 0 Å². The number of phenols is 1. The molecule has 0 saturated carbocycles. The first kappa shape index (κ1) is 26.7. The summed E-state index contributed by atoms with van der Waals surface area (Å²) in [4.78, 5) is 51.0. The highest BCUT2D eigenvalue weighted by molar-refractivity contribution is 5.92. The molecule has 0 heterocycles. The number of nitrogens with zero attached hydrogens (tertiary/aromatic N) is 1. The molecule has 0 spiro atoms. The zero-order valence-corrected chi connectivity index (χ0v) is 19.6. The number of amides is 3. The lowest BCUT2D eigenvalue weighted by molar-refractivity contribution is -0.147. The van der Waals surface area contributed by atoms with Gasteiger partial charge in [-0.15, -0.1) is 0 Å². The lowest BCUT2D eigenvalue weighted by atomic mass is 9.96. The fourth-order valence-corrected chi connectivity index (χ4v) is 2.89. The van der Waals surface area contributed by atoms with Gasteiger partial charge in [-0.3, -0.25) is 14.4 Å². The number of benzene rings is 1. The van der Waals surface area contributed by atoms with Crippen LogP contribution < -0.4 is 10.6 Å². The van der Waals surface area contributed by atoms with Crippen molar-refractivity contribution in [2.75, 3.05) is 20.2 Å². The molecule has 1 aromatic carbocycles.